The molecule has 0 heterocycles. The molecule has 0 aromatic carbocycles. The van der Waals surface area contributed by atoms with Crippen LogP contribution < -0.4 is 0 Å². The molecule has 4 nitrogen and oxygen atoms in total. The topological polar surface area (TPSA) is 49.6 Å². The number of nitrogens with zero attached hydrogens (tertiary/aromatic N) is 3. The van der Waals surface area contributed by atoms with E-state index in [1.807, 2.05) is 0 Å². The molecule has 0 atom stereocenters. The van der Waals surface area contributed by atoms with E-state index in [1.165, 1.54) is 6.92 Å². The summed E-state index contributed by atoms with van der Waals surface area (Å²) in [6.45, 7) is 14.7. The van der Waals surface area contributed by atoms with Gasteiger partial charge in [-0.3, -0.25) is 4.79 Å². The van der Waals surface area contributed by atoms with Gasteiger partial charge in [-0.1, -0.05) is 0 Å². The SMILES string of the molecule is [C-]#[N+]C(C#N)=C/C([N+]#[C-])=C(/C)C=O. The van der Waals surface area contributed by atoms with E-state index in [0.29, 0.717) is 6.29 Å². The van der Waals surface area contributed by atoms with E-state index in [1.54, 1.807) is 6.07 Å². The fourth-order valence-corrected chi connectivity index (χ4v) is 0.514. The quantitative estimate of drug-likeness (QED) is 0.209. The van der Waals surface area contributed by atoms with Crippen LogP contribution in [-0.2, 0) is 4.79 Å². The summed E-state index contributed by atoms with van der Waals surface area (Å²) in [6.07, 6.45) is 1.62. The highest BCUT2D eigenvalue weighted by atomic mass is 16.1. The maximum atomic E-state index is 10.3. The first kappa shape index (κ1) is 10.6. The van der Waals surface area contributed by atoms with Crippen LogP contribution in [0.15, 0.2) is 23.0 Å². The Morgan fingerprint density at radius 3 is 2.38 bits per heavy atom. The smallest absolute Gasteiger partial charge is 0.251 e. The molecule has 0 bridgehead atoms. The van der Waals surface area contributed by atoms with Crippen molar-refractivity contribution in [3.8, 4) is 6.07 Å². The van der Waals surface area contributed by atoms with Crippen LogP contribution in [0.2, 0.25) is 0 Å². The second kappa shape index (κ2) is 5.29. The zero-order chi connectivity index (χ0) is 10.3. The minimum absolute atomic E-state index is 0.0301. The summed E-state index contributed by atoms with van der Waals surface area (Å²) in [5.74, 6) is 0. The number of allylic oxidation sites excluding steroid dienone is 3. The number of hydrogen-bond acceptors (Lipinski definition) is 2. The molecular formula is C9H5N3O. The van der Waals surface area contributed by atoms with Crippen molar-refractivity contribution in [2.24, 2.45) is 0 Å². The normalized spacial score (nSPS) is 11.7. The van der Waals surface area contributed by atoms with Crippen molar-refractivity contribution in [1.82, 2.24) is 0 Å². The third-order valence-corrected chi connectivity index (χ3v) is 1.21. The van der Waals surface area contributed by atoms with Gasteiger partial charge in [0.15, 0.2) is 5.70 Å². The average molecular weight is 171 g/mol. The Hall–Kier alpha value is -2.38. The molecule has 4 heteroatoms. The van der Waals surface area contributed by atoms with Crippen LogP contribution in [0, 0.1) is 24.5 Å². The van der Waals surface area contributed by atoms with Gasteiger partial charge in [0, 0.05) is 0 Å². The molecule has 0 aromatic rings. The molecule has 0 aliphatic rings. The van der Waals surface area contributed by atoms with Crippen LogP contribution in [-0.4, -0.2) is 6.29 Å². The van der Waals surface area contributed by atoms with Gasteiger partial charge in [-0.2, -0.15) is 0 Å². The van der Waals surface area contributed by atoms with Gasteiger partial charge in [-0.25, -0.2) is 15.0 Å². The van der Waals surface area contributed by atoms with Crippen LogP contribution in [0.25, 0.3) is 9.69 Å². The molecule has 0 aliphatic heterocycles. The minimum atomic E-state index is -0.202. The lowest BCUT2D eigenvalue weighted by Gasteiger charge is -1.90. The molecule has 0 saturated carbocycles. The van der Waals surface area contributed by atoms with Crippen molar-refractivity contribution in [3.05, 3.63) is 45.9 Å². The van der Waals surface area contributed by atoms with Crippen molar-refractivity contribution < 1.29 is 4.79 Å². The summed E-state index contributed by atoms with van der Waals surface area (Å²) in [5, 5.41) is 8.38. The zero-order valence-electron chi connectivity index (χ0n) is 6.90. The van der Waals surface area contributed by atoms with Gasteiger partial charge in [0.05, 0.1) is 19.2 Å². The van der Waals surface area contributed by atoms with Crippen molar-refractivity contribution in [2.45, 2.75) is 6.92 Å². The van der Waals surface area contributed by atoms with E-state index in [9.17, 15) is 4.79 Å². The molecule has 0 N–H and O–H groups in total. The van der Waals surface area contributed by atoms with Crippen LogP contribution in [0.4, 0.5) is 0 Å². The van der Waals surface area contributed by atoms with Gasteiger partial charge in [-0.15, -0.1) is 0 Å². The molecule has 0 fully saturated rings. The lowest BCUT2D eigenvalue weighted by Crippen LogP contribution is -1.82. The lowest BCUT2D eigenvalue weighted by molar-refractivity contribution is -0.104. The molecular weight excluding hydrogens is 166 g/mol. The number of carbonyl (C=O) groups is 1. The minimum Gasteiger partial charge on any atom is -0.300 e. The van der Waals surface area contributed by atoms with Crippen LogP contribution in [0.5, 0.6) is 0 Å². The number of aldehydes is 1. The Balaban J connectivity index is 5.25. The lowest BCUT2D eigenvalue weighted by atomic mass is 10.2. The number of carbonyl (C=O) groups excluding carboxylic acids is 1. The number of hydrogen-bond donors (Lipinski definition) is 0. The molecule has 0 spiro atoms. The molecule has 0 aromatic heterocycles. The second-order valence-electron chi connectivity index (χ2n) is 2.05. The third kappa shape index (κ3) is 3.01. The summed E-state index contributed by atoms with van der Waals surface area (Å²) in [4.78, 5) is 16.2. The summed E-state index contributed by atoms with van der Waals surface area (Å²) in [7, 11) is 0. The van der Waals surface area contributed by atoms with Crippen molar-refractivity contribution in [3.63, 3.8) is 0 Å². The fourth-order valence-electron chi connectivity index (χ4n) is 0.514. The van der Waals surface area contributed by atoms with Gasteiger partial charge in [0.25, 0.3) is 5.70 Å². The monoisotopic (exact) mass is 171 g/mol. The Kier molecular flexibility index (Phi) is 4.32. The van der Waals surface area contributed by atoms with Crippen LogP contribution >= 0.6 is 0 Å². The number of rotatable bonds is 2. The highest BCUT2D eigenvalue weighted by molar-refractivity contribution is 5.75. The zero-order valence-corrected chi connectivity index (χ0v) is 6.90. The molecule has 0 rings (SSSR count). The van der Waals surface area contributed by atoms with Crippen molar-refractivity contribution >= 4 is 6.29 Å². The van der Waals surface area contributed by atoms with E-state index >= 15 is 0 Å². The highest BCUT2D eigenvalue weighted by Crippen LogP contribution is 2.09. The molecule has 0 amide bonds. The van der Waals surface area contributed by atoms with E-state index in [4.69, 9.17) is 18.4 Å². The molecule has 0 saturated heterocycles. The predicted molar refractivity (Wildman–Crippen MR) is 45.7 cm³/mol. The Labute approximate surface area is 76.0 Å². The summed E-state index contributed by atoms with van der Waals surface area (Å²) < 4.78 is 0. The molecule has 0 unspecified atom stereocenters. The third-order valence-electron chi connectivity index (χ3n) is 1.21. The van der Waals surface area contributed by atoms with E-state index < -0.39 is 0 Å². The molecule has 13 heavy (non-hydrogen) atoms. The standard InChI is InChI=1S/C9H5N3O/c1-7(6-13)9(12-3)4-8(5-10)11-2/h4,6H,1H3/b8-4?,9-7+. The predicted octanol–water partition coefficient (Wildman–Crippen LogP) is 1.71. The second-order valence-corrected chi connectivity index (χ2v) is 2.05. The first-order valence-electron chi connectivity index (χ1n) is 3.22. The van der Waals surface area contributed by atoms with Gasteiger partial charge in [0.2, 0.25) is 0 Å². The summed E-state index contributed by atoms with van der Waals surface area (Å²) >= 11 is 0. The molecule has 0 radical (unpaired) electrons. The van der Waals surface area contributed by atoms with Crippen molar-refractivity contribution in [2.75, 3.05) is 0 Å². The van der Waals surface area contributed by atoms with Crippen molar-refractivity contribution in [1.29, 1.82) is 5.26 Å². The first-order chi connectivity index (χ1) is 6.19. The van der Waals surface area contributed by atoms with Gasteiger partial charge < -0.3 is 0 Å². The average Bonchev–Trinajstić information content (AvgIpc) is 2.19. The Morgan fingerprint density at radius 2 is 2.08 bits per heavy atom. The van der Waals surface area contributed by atoms with Gasteiger partial charge >= 0.3 is 0 Å². The molecule has 62 valence electrons. The number of nitriles is 1. The first-order valence-corrected chi connectivity index (χ1v) is 3.22. The fraction of sp³-hybridized carbons (Fsp3) is 0.111. The Morgan fingerprint density at radius 1 is 1.46 bits per heavy atom. The summed E-state index contributed by atoms with van der Waals surface area (Å²) in [6, 6.07) is 1.61. The highest BCUT2D eigenvalue weighted by Gasteiger charge is 2.00. The maximum Gasteiger partial charge on any atom is 0.251 e. The summed E-state index contributed by atoms with van der Waals surface area (Å²) in [5.41, 5.74) is 0.0427. The van der Waals surface area contributed by atoms with Crippen LogP contribution in [0.1, 0.15) is 6.92 Å². The van der Waals surface area contributed by atoms with Crippen LogP contribution in [0.3, 0.4) is 0 Å². The largest absolute Gasteiger partial charge is 0.300 e. The van der Waals surface area contributed by atoms with E-state index in [-0.39, 0.29) is 17.0 Å². The Bertz CT molecular complexity index is 380. The van der Waals surface area contributed by atoms with E-state index in [0.717, 1.165) is 6.08 Å². The van der Waals surface area contributed by atoms with E-state index in [2.05, 4.69) is 9.69 Å². The van der Waals surface area contributed by atoms with Gasteiger partial charge in [-0.05, 0) is 18.6 Å². The van der Waals surface area contributed by atoms with Gasteiger partial charge in [0.1, 0.15) is 6.29 Å². The molecule has 0 aliphatic carbocycles. The maximum absolute atomic E-state index is 10.3.